The third-order valence-corrected chi connectivity index (χ3v) is 2.72. The summed E-state index contributed by atoms with van der Waals surface area (Å²) in [6, 6.07) is 9.22. The van der Waals surface area contributed by atoms with Crippen LogP contribution >= 0.6 is 11.6 Å². The lowest BCUT2D eigenvalue weighted by Crippen LogP contribution is -1.89. The zero-order valence-electron chi connectivity index (χ0n) is 9.20. The molecule has 0 bridgehead atoms. The van der Waals surface area contributed by atoms with E-state index < -0.39 is 0 Å². The molecule has 3 nitrogen and oxygen atoms in total. The van der Waals surface area contributed by atoms with E-state index in [1.54, 1.807) is 13.2 Å². The molecule has 0 spiro atoms. The number of fused-ring (bicyclic) bond motifs is 1. The number of hydrogen-bond acceptors (Lipinski definition) is 3. The maximum Gasteiger partial charge on any atom is 0.138 e. The summed E-state index contributed by atoms with van der Waals surface area (Å²) in [7, 11) is 1.60. The van der Waals surface area contributed by atoms with Gasteiger partial charge in [-0.1, -0.05) is 18.2 Å². The van der Waals surface area contributed by atoms with Crippen molar-refractivity contribution in [1.82, 2.24) is 4.98 Å². The van der Waals surface area contributed by atoms with Gasteiger partial charge in [-0.3, -0.25) is 0 Å². The van der Waals surface area contributed by atoms with Crippen molar-refractivity contribution in [2.24, 2.45) is 0 Å². The number of halogens is 1. The molecule has 0 amide bonds. The molecule has 0 N–H and O–H groups in total. The van der Waals surface area contributed by atoms with Gasteiger partial charge < -0.3 is 4.74 Å². The lowest BCUT2D eigenvalue weighted by atomic mass is 10.1. The first-order chi connectivity index (χ1) is 8.15. The van der Waals surface area contributed by atoms with Crippen LogP contribution in [0.3, 0.4) is 0 Å². The van der Waals surface area contributed by atoms with Crippen molar-refractivity contribution in [1.29, 1.82) is 5.26 Å². The average Bonchev–Trinajstić information content (AvgIpc) is 2.36. The minimum atomic E-state index is 0.286. The van der Waals surface area contributed by atoms with Gasteiger partial charge in [0.1, 0.15) is 10.9 Å². The van der Waals surface area contributed by atoms with Crippen molar-refractivity contribution in [3.8, 4) is 11.8 Å². The number of methoxy groups -OCH3 is 1. The number of rotatable bonds is 2. The zero-order chi connectivity index (χ0) is 12.4. The van der Waals surface area contributed by atoms with Gasteiger partial charge in [-0.05, 0) is 24.3 Å². The van der Waals surface area contributed by atoms with Crippen molar-refractivity contribution in [3.63, 3.8) is 0 Å². The average molecular weight is 245 g/mol. The van der Waals surface area contributed by atoms with E-state index in [1.165, 1.54) is 0 Å². The highest BCUT2D eigenvalue weighted by Gasteiger charge is 2.08. The van der Waals surface area contributed by atoms with Crippen molar-refractivity contribution in [2.75, 3.05) is 7.11 Å². The number of nitriles is 1. The van der Waals surface area contributed by atoms with Crippen molar-refractivity contribution in [2.45, 2.75) is 0 Å². The van der Waals surface area contributed by atoms with Gasteiger partial charge in [-0.15, -0.1) is 0 Å². The van der Waals surface area contributed by atoms with Crippen molar-refractivity contribution in [3.05, 3.63) is 41.6 Å². The Morgan fingerprint density at radius 1 is 1.47 bits per heavy atom. The second-order valence-electron chi connectivity index (χ2n) is 3.48. The molecule has 1 heterocycles. The fraction of sp³-hybridized carbons (Fsp3) is 0.0769. The largest absolute Gasteiger partial charge is 0.497 e. The third-order valence-electron chi connectivity index (χ3n) is 2.44. The molecule has 0 aliphatic carbocycles. The summed E-state index contributed by atoms with van der Waals surface area (Å²) in [5.41, 5.74) is 1.60. The standard InChI is InChI=1S/C13H9ClN2O/c1-8(7-15)11-6-9-5-10(17-2)3-4-12(9)16-13(11)14/h3-6H,1H2,2H3. The Kier molecular flexibility index (Phi) is 2.99. The van der Waals surface area contributed by atoms with Crippen molar-refractivity contribution >= 4 is 28.1 Å². The number of hydrogen-bond donors (Lipinski definition) is 0. The maximum atomic E-state index is 8.82. The first-order valence-electron chi connectivity index (χ1n) is 4.89. The molecule has 1 aromatic heterocycles. The van der Waals surface area contributed by atoms with Crippen LogP contribution in [0.2, 0.25) is 5.15 Å². The van der Waals surface area contributed by atoms with E-state index >= 15 is 0 Å². The van der Waals surface area contributed by atoms with Gasteiger partial charge >= 0.3 is 0 Å². The molecule has 0 unspecified atom stereocenters. The molecule has 0 saturated carbocycles. The molecular weight excluding hydrogens is 236 g/mol. The van der Waals surface area contributed by atoms with E-state index in [1.807, 2.05) is 24.3 Å². The molecule has 4 heteroatoms. The monoisotopic (exact) mass is 244 g/mol. The summed E-state index contributed by atoms with van der Waals surface area (Å²) in [5, 5.41) is 9.97. The van der Waals surface area contributed by atoms with E-state index in [0.717, 1.165) is 16.7 Å². The van der Waals surface area contributed by atoms with E-state index in [2.05, 4.69) is 11.6 Å². The smallest absolute Gasteiger partial charge is 0.138 e. The highest BCUT2D eigenvalue weighted by Crippen LogP contribution is 2.27. The lowest BCUT2D eigenvalue weighted by molar-refractivity contribution is 0.415. The molecule has 0 fully saturated rings. The fourth-order valence-corrected chi connectivity index (χ4v) is 1.79. The lowest BCUT2D eigenvalue weighted by Gasteiger charge is -2.05. The number of nitrogens with zero attached hydrogens (tertiary/aromatic N) is 2. The Morgan fingerprint density at radius 2 is 2.24 bits per heavy atom. The van der Waals surface area contributed by atoms with Crippen LogP contribution in [0, 0.1) is 11.3 Å². The molecule has 1 aromatic carbocycles. The number of ether oxygens (including phenoxy) is 1. The highest BCUT2D eigenvalue weighted by atomic mass is 35.5. The summed E-state index contributed by atoms with van der Waals surface area (Å²) in [6.45, 7) is 3.64. The molecule has 0 radical (unpaired) electrons. The Hall–Kier alpha value is -2.05. The molecule has 0 saturated heterocycles. The molecule has 84 valence electrons. The summed E-state index contributed by atoms with van der Waals surface area (Å²) in [6.07, 6.45) is 0. The van der Waals surface area contributed by atoms with Gasteiger partial charge in [0.25, 0.3) is 0 Å². The zero-order valence-corrected chi connectivity index (χ0v) is 9.95. The van der Waals surface area contributed by atoms with Crippen LogP contribution in [-0.4, -0.2) is 12.1 Å². The first-order valence-corrected chi connectivity index (χ1v) is 5.27. The van der Waals surface area contributed by atoms with Gasteiger partial charge in [0, 0.05) is 10.9 Å². The van der Waals surface area contributed by atoms with E-state index in [-0.39, 0.29) is 5.15 Å². The van der Waals surface area contributed by atoms with Gasteiger partial charge in [-0.25, -0.2) is 4.98 Å². The van der Waals surface area contributed by atoms with E-state index in [4.69, 9.17) is 21.6 Å². The first kappa shape index (κ1) is 11.4. The second-order valence-corrected chi connectivity index (χ2v) is 3.83. The van der Waals surface area contributed by atoms with Crippen LogP contribution in [0.15, 0.2) is 30.8 Å². The number of pyridine rings is 1. The number of benzene rings is 1. The molecule has 0 aliphatic heterocycles. The van der Waals surface area contributed by atoms with Crippen LogP contribution in [-0.2, 0) is 0 Å². The fourth-order valence-electron chi connectivity index (χ4n) is 1.53. The minimum absolute atomic E-state index is 0.286. The van der Waals surface area contributed by atoms with E-state index in [9.17, 15) is 0 Å². The minimum Gasteiger partial charge on any atom is -0.497 e. The molecule has 2 aromatic rings. The quantitative estimate of drug-likeness (QED) is 0.601. The Morgan fingerprint density at radius 3 is 2.88 bits per heavy atom. The Labute approximate surface area is 104 Å². The SMILES string of the molecule is C=C(C#N)c1cc2cc(OC)ccc2nc1Cl. The summed E-state index contributed by atoms with van der Waals surface area (Å²) in [5.74, 6) is 0.732. The van der Waals surface area contributed by atoms with Crippen LogP contribution in [0.5, 0.6) is 5.75 Å². The van der Waals surface area contributed by atoms with Crippen LogP contribution in [0.4, 0.5) is 0 Å². The molecule has 17 heavy (non-hydrogen) atoms. The summed E-state index contributed by atoms with van der Waals surface area (Å²) < 4.78 is 5.13. The van der Waals surface area contributed by atoms with Crippen LogP contribution < -0.4 is 4.74 Å². The van der Waals surface area contributed by atoms with Crippen LogP contribution in [0.1, 0.15) is 5.56 Å². The number of aromatic nitrogens is 1. The van der Waals surface area contributed by atoms with Gasteiger partial charge in [-0.2, -0.15) is 5.26 Å². The third kappa shape index (κ3) is 2.08. The normalized spacial score (nSPS) is 9.94. The molecule has 0 aliphatic rings. The molecular formula is C13H9ClN2O. The maximum absolute atomic E-state index is 8.82. The predicted molar refractivity (Wildman–Crippen MR) is 68.0 cm³/mol. The topological polar surface area (TPSA) is 45.9 Å². The van der Waals surface area contributed by atoms with E-state index in [0.29, 0.717) is 11.1 Å². The molecule has 2 rings (SSSR count). The van der Waals surface area contributed by atoms with Gasteiger partial charge in [0.15, 0.2) is 0 Å². The second kappa shape index (κ2) is 4.44. The Bertz CT molecular complexity index is 644. The Balaban J connectivity index is 2.69. The number of allylic oxidation sites excluding steroid dienone is 1. The highest BCUT2D eigenvalue weighted by molar-refractivity contribution is 6.31. The molecule has 0 atom stereocenters. The van der Waals surface area contributed by atoms with Gasteiger partial charge in [0.05, 0.1) is 24.3 Å². The van der Waals surface area contributed by atoms with Crippen molar-refractivity contribution < 1.29 is 4.74 Å². The summed E-state index contributed by atoms with van der Waals surface area (Å²) >= 11 is 6.00. The predicted octanol–water partition coefficient (Wildman–Crippen LogP) is 3.43. The van der Waals surface area contributed by atoms with Crippen LogP contribution in [0.25, 0.3) is 16.5 Å². The van der Waals surface area contributed by atoms with Gasteiger partial charge in [0.2, 0.25) is 0 Å². The summed E-state index contributed by atoms with van der Waals surface area (Å²) in [4.78, 5) is 4.22.